The molecule has 0 spiro atoms. The van der Waals surface area contributed by atoms with Crippen molar-refractivity contribution >= 4 is 33.6 Å². The third kappa shape index (κ3) is 4.23. The molecule has 2 amide bonds. The molecule has 0 atom stereocenters. The molecule has 26 heavy (non-hydrogen) atoms. The third-order valence-electron chi connectivity index (χ3n) is 3.78. The van der Waals surface area contributed by atoms with Crippen molar-refractivity contribution < 1.29 is 18.0 Å². The van der Waals surface area contributed by atoms with Gasteiger partial charge in [0, 0.05) is 17.8 Å². The SMILES string of the molecule is CSc1ncccc1C(=O)NS(=O)(=O)c1ccc(C(=O)NC2CC2)cc1. The second-order valence-corrected chi connectivity index (χ2v) is 8.24. The molecule has 1 saturated carbocycles. The largest absolute Gasteiger partial charge is 0.349 e. The van der Waals surface area contributed by atoms with Crippen LogP contribution >= 0.6 is 11.8 Å². The molecule has 2 aromatic rings. The lowest BCUT2D eigenvalue weighted by molar-refractivity contribution is 0.0948. The molecule has 0 radical (unpaired) electrons. The van der Waals surface area contributed by atoms with Crippen LogP contribution in [0.25, 0.3) is 0 Å². The average Bonchev–Trinajstić information content (AvgIpc) is 3.45. The topological polar surface area (TPSA) is 105 Å². The van der Waals surface area contributed by atoms with E-state index in [-0.39, 0.29) is 22.4 Å². The van der Waals surface area contributed by atoms with E-state index >= 15 is 0 Å². The number of hydrogen-bond acceptors (Lipinski definition) is 6. The highest BCUT2D eigenvalue weighted by Crippen LogP contribution is 2.20. The van der Waals surface area contributed by atoms with Crippen molar-refractivity contribution in [3.8, 4) is 0 Å². The summed E-state index contributed by atoms with van der Waals surface area (Å²) in [4.78, 5) is 28.2. The Morgan fingerprint density at radius 3 is 2.42 bits per heavy atom. The van der Waals surface area contributed by atoms with E-state index in [0.717, 1.165) is 12.8 Å². The highest BCUT2D eigenvalue weighted by atomic mass is 32.2. The molecule has 1 fully saturated rings. The predicted molar refractivity (Wildman–Crippen MR) is 97.6 cm³/mol. The van der Waals surface area contributed by atoms with Crippen LogP contribution in [0, 0.1) is 0 Å². The molecule has 1 heterocycles. The summed E-state index contributed by atoms with van der Waals surface area (Å²) < 4.78 is 26.9. The van der Waals surface area contributed by atoms with Gasteiger partial charge in [-0.15, -0.1) is 11.8 Å². The Kier molecular flexibility index (Phi) is 5.28. The van der Waals surface area contributed by atoms with Crippen LogP contribution in [0.4, 0.5) is 0 Å². The van der Waals surface area contributed by atoms with E-state index < -0.39 is 15.9 Å². The van der Waals surface area contributed by atoms with Gasteiger partial charge in [0.1, 0.15) is 5.03 Å². The maximum absolute atomic E-state index is 12.4. The molecular weight excluding hydrogens is 374 g/mol. The third-order valence-corrected chi connectivity index (χ3v) is 5.83. The van der Waals surface area contributed by atoms with Crippen LogP contribution < -0.4 is 10.0 Å². The van der Waals surface area contributed by atoms with E-state index in [1.807, 2.05) is 4.72 Å². The van der Waals surface area contributed by atoms with E-state index in [1.165, 1.54) is 48.3 Å². The minimum atomic E-state index is -4.05. The standard InChI is InChI=1S/C17H17N3O4S2/c1-25-17-14(3-2-10-18-17)16(22)20-26(23,24)13-8-4-11(5-9-13)15(21)19-12-6-7-12/h2-5,8-10,12H,6-7H2,1H3,(H,19,21)(H,20,22). The first-order valence-electron chi connectivity index (χ1n) is 7.88. The van der Waals surface area contributed by atoms with E-state index in [0.29, 0.717) is 10.6 Å². The van der Waals surface area contributed by atoms with E-state index in [9.17, 15) is 18.0 Å². The first kappa shape index (κ1) is 18.4. The molecule has 1 aromatic heterocycles. The number of benzene rings is 1. The number of sulfonamides is 1. The van der Waals surface area contributed by atoms with Crippen molar-refractivity contribution in [2.75, 3.05) is 6.26 Å². The summed E-state index contributed by atoms with van der Waals surface area (Å²) in [7, 11) is -4.05. The predicted octanol–water partition coefficient (Wildman–Crippen LogP) is 1.81. The van der Waals surface area contributed by atoms with Gasteiger partial charge in [0.25, 0.3) is 21.8 Å². The number of hydrogen-bond donors (Lipinski definition) is 2. The normalized spacial score (nSPS) is 13.9. The van der Waals surface area contributed by atoms with Gasteiger partial charge < -0.3 is 5.32 Å². The van der Waals surface area contributed by atoms with Crippen molar-refractivity contribution in [3.63, 3.8) is 0 Å². The van der Waals surface area contributed by atoms with Crippen molar-refractivity contribution in [1.29, 1.82) is 0 Å². The lowest BCUT2D eigenvalue weighted by Gasteiger charge is -2.09. The van der Waals surface area contributed by atoms with Crippen LogP contribution in [0.1, 0.15) is 33.6 Å². The molecule has 0 saturated heterocycles. The first-order valence-corrected chi connectivity index (χ1v) is 10.6. The van der Waals surface area contributed by atoms with Crippen LogP contribution in [0.15, 0.2) is 52.5 Å². The number of carbonyl (C=O) groups excluding carboxylic acids is 2. The zero-order valence-corrected chi connectivity index (χ0v) is 15.6. The average molecular weight is 391 g/mol. The number of nitrogens with zero attached hydrogens (tertiary/aromatic N) is 1. The molecular formula is C17H17N3O4S2. The van der Waals surface area contributed by atoms with Crippen molar-refractivity contribution in [2.24, 2.45) is 0 Å². The van der Waals surface area contributed by atoms with Gasteiger partial charge in [0.15, 0.2) is 0 Å². The fourth-order valence-corrected chi connectivity index (χ4v) is 3.76. The Morgan fingerprint density at radius 1 is 1.12 bits per heavy atom. The van der Waals surface area contributed by atoms with Gasteiger partial charge in [0.05, 0.1) is 10.5 Å². The Labute approximate surface area is 155 Å². The quantitative estimate of drug-likeness (QED) is 0.728. The fraction of sp³-hybridized carbons (Fsp3) is 0.235. The molecule has 1 aliphatic carbocycles. The number of thioether (sulfide) groups is 1. The van der Waals surface area contributed by atoms with Gasteiger partial charge in [-0.3, -0.25) is 9.59 Å². The van der Waals surface area contributed by atoms with Gasteiger partial charge in [-0.1, -0.05) is 0 Å². The molecule has 1 aromatic carbocycles. The Bertz CT molecular complexity index is 939. The van der Waals surface area contributed by atoms with Crippen molar-refractivity contribution in [2.45, 2.75) is 28.8 Å². The van der Waals surface area contributed by atoms with Crippen LogP contribution in [0.2, 0.25) is 0 Å². The number of pyridine rings is 1. The summed E-state index contributed by atoms with van der Waals surface area (Å²) in [5, 5.41) is 3.26. The van der Waals surface area contributed by atoms with Gasteiger partial charge in [-0.2, -0.15) is 0 Å². The second-order valence-electron chi connectivity index (χ2n) is 5.77. The highest BCUT2D eigenvalue weighted by Gasteiger charge is 2.24. The lowest BCUT2D eigenvalue weighted by Crippen LogP contribution is -2.31. The maximum Gasteiger partial charge on any atom is 0.267 e. The van der Waals surface area contributed by atoms with Gasteiger partial charge in [-0.05, 0) is 55.5 Å². The summed E-state index contributed by atoms with van der Waals surface area (Å²) in [6.45, 7) is 0. The number of carbonyl (C=O) groups is 2. The number of amides is 2. The first-order chi connectivity index (χ1) is 12.4. The zero-order chi connectivity index (χ0) is 18.7. The van der Waals surface area contributed by atoms with Crippen LogP contribution in [0.3, 0.4) is 0 Å². The second kappa shape index (κ2) is 7.46. The lowest BCUT2D eigenvalue weighted by atomic mass is 10.2. The molecule has 0 unspecified atom stereocenters. The minimum absolute atomic E-state index is 0.0941. The maximum atomic E-state index is 12.4. The van der Waals surface area contributed by atoms with Crippen LogP contribution in [-0.2, 0) is 10.0 Å². The number of aromatic nitrogens is 1. The molecule has 7 nitrogen and oxygen atoms in total. The summed E-state index contributed by atoms with van der Waals surface area (Å²) in [6.07, 6.45) is 5.22. The molecule has 9 heteroatoms. The van der Waals surface area contributed by atoms with Gasteiger partial charge in [-0.25, -0.2) is 18.1 Å². The van der Waals surface area contributed by atoms with Crippen molar-refractivity contribution in [1.82, 2.24) is 15.0 Å². The molecule has 1 aliphatic rings. The van der Waals surface area contributed by atoms with E-state index in [1.54, 1.807) is 12.3 Å². The fourth-order valence-electron chi connectivity index (χ4n) is 2.24. The minimum Gasteiger partial charge on any atom is -0.349 e. The Hall–Kier alpha value is -2.39. The number of rotatable bonds is 6. The molecule has 3 rings (SSSR count). The van der Waals surface area contributed by atoms with Gasteiger partial charge in [0.2, 0.25) is 0 Å². The van der Waals surface area contributed by atoms with Gasteiger partial charge >= 0.3 is 0 Å². The van der Waals surface area contributed by atoms with Crippen molar-refractivity contribution in [3.05, 3.63) is 53.7 Å². The summed E-state index contributed by atoms with van der Waals surface area (Å²) in [5.74, 6) is -0.988. The van der Waals surface area contributed by atoms with Crippen LogP contribution in [-0.4, -0.2) is 37.5 Å². The van der Waals surface area contributed by atoms with E-state index in [2.05, 4.69) is 10.3 Å². The molecule has 2 N–H and O–H groups in total. The summed E-state index contributed by atoms with van der Waals surface area (Å²) in [5.41, 5.74) is 0.558. The Morgan fingerprint density at radius 2 is 1.81 bits per heavy atom. The highest BCUT2D eigenvalue weighted by molar-refractivity contribution is 7.98. The molecule has 136 valence electrons. The smallest absolute Gasteiger partial charge is 0.267 e. The molecule has 0 aliphatic heterocycles. The van der Waals surface area contributed by atoms with Crippen LogP contribution in [0.5, 0.6) is 0 Å². The summed E-state index contributed by atoms with van der Waals surface area (Å²) >= 11 is 1.25. The monoisotopic (exact) mass is 391 g/mol. The molecule has 0 bridgehead atoms. The zero-order valence-electron chi connectivity index (χ0n) is 13.9. The number of nitrogens with one attached hydrogen (secondary N) is 2. The Balaban J connectivity index is 1.75. The van der Waals surface area contributed by atoms with E-state index in [4.69, 9.17) is 0 Å². The summed E-state index contributed by atoms with van der Waals surface area (Å²) in [6, 6.07) is 8.74.